The molecule has 0 aliphatic heterocycles. The van der Waals surface area contributed by atoms with Crippen LogP contribution < -0.4 is 4.74 Å². The lowest BCUT2D eigenvalue weighted by molar-refractivity contribution is -0.144. The fourth-order valence-corrected chi connectivity index (χ4v) is 2.14. The van der Waals surface area contributed by atoms with Gasteiger partial charge in [-0.15, -0.1) is 0 Å². The summed E-state index contributed by atoms with van der Waals surface area (Å²) in [7, 11) is 0. The monoisotopic (exact) mass is 364 g/mol. The van der Waals surface area contributed by atoms with Crippen molar-refractivity contribution < 1.29 is 24.5 Å². The SMILES string of the molecule is C=Cc1ccc(C(O)C(=O)Oc2ccc(C=CC=C(C)C(=O)O)cc2)cc1. The second-order valence-corrected chi connectivity index (χ2v) is 5.78. The third-order valence-corrected chi connectivity index (χ3v) is 3.78. The lowest BCUT2D eigenvalue weighted by Gasteiger charge is -2.11. The number of aliphatic hydroxyl groups excluding tert-OH is 1. The van der Waals surface area contributed by atoms with E-state index in [2.05, 4.69) is 6.58 Å². The Morgan fingerprint density at radius 2 is 1.63 bits per heavy atom. The van der Waals surface area contributed by atoms with Gasteiger partial charge in [0.15, 0.2) is 6.10 Å². The van der Waals surface area contributed by atoms with Gasteiger partial charge in [0, 0.05) is 5.57 Å². The number of hydrogen-bond acceptors (Lipinski definition) is 4. The molecule has 0 aliphatic rings. The van der Waals surface area contributed by atoms with Gasteiger partial charge < -0.3 is 14.9 Å². The van der Waals surface area contributed by atoms with Crippen LogP contribution in [-0.2, 0) is 9.59 Å². The zero-order valence-corrected chi connectivity index (χ0v) is 14.8. The molecule has 0 spiro atoms. The molecular formula is C22H20O5. The Bertz CT molecular complexity index is 874. The molecule has 1 atom stereocenters. The van der Waals surface area contributed by atoms with Crippen LogP contribution in [0.25, 0.3) is 12.2 Å². The first-order chi connectivity index (χ1) is 12.9. The molecule has 0 heterocycles. The molecule has 2 aromatic rings. The van der Waals surface area contributed by atoms with E-state index in [0.717, 1.165) is 11.1 Å². The zero-order chi connectivity index (χ0) is 19.8. The molecule has 0 amide bonds. The van der Waals surface area contributed by atoms with Crippen LogP contribution in [-0.4, -0.2) is 22.2 Å². The van der Waals surface area contributed by atoms with Crippen molar-refractivity contribution in [3.05, 3.63) is 89.5 Å². The summed E-state index contributed by atoms with van der Waals surface area (Å²) in [6, 6.07) is 13.4. The van der Waals surface area contributed by atoms with Gasteiger partial charge in [-0.3, -0.25) is 0 Å². The van der Waals surface area contributed by atoms with Gasteiger partial charge in [0.1, 0.15) is 5.75 Å². The Labute approximate surface area is 157 Å². The van der Waals surface area contributed by atoms with E-state index in [1.165, 1.54) is 13.0 Å². The van der Waals surface area contributed by atoms with Crippen molar-refractivity contribution in [1.82, 2.24) is 0 Å². The fourth-order valence-electron chi connectivity index (χ4n) is 2.14. The highest BCUT2D eigenvalue weighted by atomic mass is 16.5. The molecule has 5 heteroatoms. The van der Waals surface area contributed by atoms with Gasteiger partial charge in [-0.2, -0.15) is 0 Å². The summed E-state index contributed by atoms with van der Waals surface area (Å²) < 4.78 is 5.19. The van der Waals surface area contributed by atoms with Crippen LogP contribution >= 0.6 is 0 Å². The van der Waals surface area contributed by atoms with Crippen molar-refractivity contribution in [3.63, 3.8) is 0 Å². The van der Waals surface area contributed by atoms with Crippen LogP contribution in [0.2, 0.25) is 0 Å². The molecular weight excluding hydrogens is 344 g/mol. The third-order valence-electron chi connectivity index (χ3n) is 3.78. The Morgan fingerprint density at radius 1 is 1.04 bits per heavy atom. The molecule has 0 bridgehead atoms. The summed E-state index contributed by atoms with van der Waals surface area (Å²) in [5.41, 5.74) is 2.36. The van der Waals surface area contributed by atoms with E-state index < -0.39 is 18.0 Å². The Balaban J connectivity index is 1.99. The maximum atomic E-state index is 12.1. The first kappa shape index (κ1) is 19.9. The molecule has 1 unspecified atom stereocenters. The van der Waals surface area contributed by atoms with E-state index in [4.69, 9.17) is 9.84 Å². The molecule has 0 saturated carbocycles. The standard InChI is InChI=1S/C22H20O5/c1-3-16-7-11-18(12-8-16)20(23)22(26)27-19-13-9-17(10-14-19)6-4-5-15(2)21(24)25/h3-14,20,23H,1H2,2H3,(H,24,25). The van der Waals surface area contributed by atoms with Gasteiger partial charge in [0.2, 0.25) is 0 Å². The van der Waals surface area contributed by atoms with Crippen molar-refractivity contribution in [1.29, 1.82) is 0 Å². The number of aliphatic hydroxyl groups is 1. The Kier molecular flexibility index (Phi) is 6.86. The van der Waals surface area contributed by atoms with Gasteiger partial charge in [0.05, 0.1) is 0 Å². The van der Waals surface area contributed by atoms with E-state index >= 15 is 0 Å². The first-order valence-corrected chi connectivity index (χ1v) is 8.21. The highest BCUT2D eigenvalue weighted by molar-refractivity contribution is 5.86. The Hall–Kier alpha value is -3.44. The number of carbonyl (C=O) groups excluding carboxylic acids is 1. The highest BCUT2D eigenvalue weighted by Gasteiger charge is 2.19. The van der Waals surface area contributed by atoms with Crippen molar-refractivity contribution in [2.24, 2.45) is 0 Å². The highest BCUT2D eigenvalue weighted by Crippen LogP contribution is 2.19. The lowest BCUT2D eigenvalue weighted by atomic mass is 10.1. The summed E-state index contributed by atoms with van der Waals surface area (Å²) in [5.74, 6) is -1.44. The molecule has 2 rings (SSSR count). The topological polar surface area (TPSA) is 83.8 Å². The van der Waals surface area contributed by atoms with Crippen molar-refractivity contribution in [2.75, 3.05) is 0 Å². The molecule has 2 aromatic carbocycles. The summed E-state index contributed by atoms with van der Waals surface area (Å²) >= 11 is 0. The number of carbonyl (C=O) groups is 2. The summed E-state index contributed by atoms with van der Waals surface area (Å²) in [4.78, 5) is 22.8. The maximum Gasteiger partial charge on any atom is 0.345 e. The molecule has 2 N–H and O–H groups in total. The van der Waals surface area contributed by atoms with Gasteiger partial charge in [-0.25, -0.2) is 9.59 Å². The molecule has 5 nitrogen and oxygen atoms in total. The predicted molar refractivity (Wildman–Crippen MR) is 104 cm³/mol. The van der Waals surface area contributed by atoms with Crippen LogP contribution in [0.15, 0.2) is 72.8 Å². The van der Waals surface area contributed by atoms with Crippen LogP contribution in [0, 0.1) is 0 Å². The van der Waals surface area contributed by atoms with E-state index in [9.17, 15) is 14.7 Å². The number of allylic oxidation sites excluding steroid dienone is 2. The number of benzene rings is 2. The van der Waals surface area contributed by atoms with Crippen LogP contribution in [0.4, 0.5) is 0 Å². The molecule has 0 saturated heterocycles. The van der Waals surface area contributed by atoms with Gasteiger partial charge in [0.25, 0.3) is 0 Å². The lowest BCUT2D eigenvalue weighted by Crippen LogP contribution is -2.18. The number of aliphatic carboxylic acids is 1. The molecule has 0 aliphatic carbocycles. The minimum absolute atomic E-state index is 0.229. The van der Waals surface area contributed by atoms with Gasteiger partial charge in [-0.1, -0.05) is 67.3 Å². The summed E-state index contributed by atoms with van der Waals surface area (Å²) in [5, 5.41) is 18.9. The van der Waals surface area contributed by atoms with Crippen molar-refractivity contribution in [3.8, 4) is 5.75 Å². The molecule has 0 radical (unpaired) electrons. The van der Waals surface area contributed by atoms with E-state index in [-0.39, 0.29) is 5.57 Å². The average molecular weight is 364 g/mol. The number of carboxylic acids is 1. The summed E-state index contributed by atoms with van der Waals surface area (Å²) in [6.45, 7) is 5.16. The number of carboxylic acid groups (broad SMARTS) is 1. The van der Waals surface area contributed by atoms with Crippen LogP contribution in [0.1, 0.15) is 29.7 Å². The summed E-state index contributed by atoms with van der Waals surface area (Å²) in [6.07, 6.45) is 5.13. The van der Waals surface area contributed by atoms with E-state index in [1.807, 2.05) is 0 Å². The molecule has 0 fully saturated rings. The second kappa shape index (κ2) is 9.31. The number of hydrogen-bond donors (Lipinski definition) is 2. The zero-order valence-electron chi connectivity index (χ0n) is 14.8. The van der Waals surface area contributed by atoms with Gasteiger partial charge >= 0.3 is 11.9 Å². The Morgan fingerprint density at radius 3 is 2.19 bits per heavy atom. The maximum absolute atomic E-state index is 12.1. The number of rotatable bonds is 7. The quantitative estimate of drug-likeness (QED) is 0.336. The van der Waals surface area contributed by atoms with Crippen molar-refractivity contribution >= 4 is 24.1 Å². The van der Waals surface area contributed by atoms with Crippen molar-refractivity contribution in [2.45, 2.75) is 13.0 Å². The minimum Gasteiger partial charge on any atom is -0.478 e. The van der Waals surface area contributed by atoms with Crippen LogP contribution in [0.5, 0.6) is 5.75 Å². The van der Waals surface area contributed by atoms with E-state index in [0.29, 0.717) is 11.3 Å². The number of ether oxygens (including phenoxy) is 1. The first-order valence-electron chi connectivity index (χ1n) is 8.21. The van der Waals surface area contributed by atoms with E-state index in [1.54, 1.807) is 66.8 Å². The molecule has 27 heavy (non-hydrogen) atoms. The average Bonchev–Trinajstić information content (AvgIpc) is 2.68. The fraction of sp³-hybridized carbons (Fsp3) is 0.0909. The molecule has 138 valence electrons. The minimum atomic E-state index is -1.38. The largest absolute Gasteiger partial charge is 0.478 e. The smallest absolute Gasteiger partial charge is 0.345 e. The van der Waals surface area contributed by atoms with Crippen LogP contribution in [0.3, 0.4) is 0 Å². The third kappa shape index (κ3) is 5.80. The number of esters is 1. The second-order valence-electron chi connectivity index (χ2n) is 5.78. The normalized spacial score (nSPS) is 12.6. The van der Waals surface area contributed by atoms with Gasteiger partial charge in [-0.05, 0) is 35.7 Å². The predicted octanol–water partition coefficient (Wildman–Crippen LogP) is 4.01. The molecule has 0 aromatic heterocycles.